The van der Waals surface area contributed by atoms with E-state index in [2.05, 4.69) is 6.92 Å². The van der Waals surface area contributed by atoms with Crippen LogP contribution in [0.1, 0.15) is 51.9 Å². The molecule has 0 aliphatic carbocycles. The van der Waals surface area contributed by atoms with Gasteiger partial charge in [0.2, 0.25) is 0 Å². The van der Waals surface area contributed by atoms with Crippen LogP contribution in [0.15, 0.2) is 0 Å². The smallest absolute Gasteiger partial charge is 0.303 e. The second-order valence-corrected chi connectivity index (χ2v) is 3.49. The zero-order valence-corrected chi connectivity index (χ0v) is 9.95. The highest BCUT2D eigenvalue weighted by atomic mass is 16.4. The molecule has 0 saturated heterocycles. The molecule has 0 aliphatic heterocycles. The quantitative estimate of drug-likeness (QED) is 0.555. The molecule has 5 nitrogen and oxygen atoms in total. The van der Waals surface area contributed by atoms with Gasteiger partial charge >= 0.3 is 11.9 Å². The topological polar surface area (TPSA) is 101 Å². The Hall–Kier alpha value is -1.10. The van der Waals surface area contributed by atoms with Gasteiger partial charge in [0, 0.05) is 12.8 Å². The van der Waals surface area contributed by atoms with Crippen molar-refractivity contribution in [2.24, 2.45) is 5.73 Å². The van der Waals surface area contributed by atoms with E-state index in [0.29, 0.717) is 12.8 Å². The minimum absolute atomic E-state index is 0.0628. The SMILES string of the molecule is CCCCCN.O=C(O)CCCCC(=O)O. The Labute approximate surface area is 96.6 Å². The monoisotopic (exact) mass is 233 g/mol. The van der Waals surface area contributed by atoms with Crippen LogP contribution in [0, 0.1) is 0 Å². The third-order valence-corrected chi connectivity index (χ3v) is 1.84. The zero-order valence-electron chi connectivity index (χ0n) is 9.95. The summed E-state index contributed by atoms with van der Waals surface area (Å²) in [6, 6.07) is 0. The van der Waals surface area contributed by atoms with Crippen molar-refractivity contribution in [2.75, 3.05) is 6.54 Å². The fourth-order valence-corrected chi connectivity index (χ4v) is 0.947. The Balaban J connectivity index is 0. The van der Waals surface area contributed by atoms with Crippen LogP contribution < -0.4 is 5.73 Å². The number of nitrogens with two attached hydrogens (primary N) is 1. The first-order valence-electron chi connectivity index (χ1n) is 5.68. The van der Waals surface area contributed by atoms with E-state index in [1.807, 2.05) is 0 Å². The molecule has 0 heterocycles. The number of carboxylic acid groups (broad SMARTS) is 2. The van der Waals surface area contributed by atoms with Crippen LogP contribution in [-0.2, 0) is 9.59 Å². The molecule has 4 N–H and O–H groups in total. The normalized spacial score (nSPS) is 9.12. The van der Waals surface area contributed by atoms with Gasteiger partial charge in [-0.15, -0.1) is 0 Å². The fourth-order valence-electron chi connectivity index (χ4n) is 0.947. The lowest BCUT2D eigenvalue weighted by Gasteiger charge is -1.92. The summed E-state index contributed by atoms with van der Waals surface area (Å²) in [6.45, 7) is 3.03. The molecule has 0 radical (unpaired) electrons. The molecule has 0 aromatic heterocycles. The van der Waals surface area contributed by atoms with Gasteiger partial charge < -0.3 is 15.9 Å². The maximum absolute atomic E-state index is 9.90. The summed E-state index contributed by atoms with van der Waals surface area (Å²) in [7, 11) is 0. The summed E-state index contributed by atoms with van der Waals surface area (Å²) in [6.07, 6.45) is 4.77. The van der Waals surface area contributed by atoms with Gasteiger partial charge in [0.1, 0.15) is 0 Å². The van der Waals surface area contributed by atoms with E-state index in [1.165, 1.54) is 19.3 Å². The fraction of sp³-hybridized carbons (Fsp3) is 0.818. The average molecular weight is 233 g/mol. The van der Waals surface area contributed by atoms with E-state index >= 15 is 0 Å². The van der Waals surface area contributed by atoms with Crippen molar-refractivity contribution in [1.82, 2.24) is 0 Å². The third kappa shape index (κ3) is 23.1. The highest BCUT2D eigenvalue weighted by molar-refractivity contribution is 5.67. The van der Waals surface area contributed by atoms with Crippen LogP contribution in [0.2, 0.25) is 0 Å². The van der Waals surface area contributed by atoms with Gasteiger partial charge in [-0.1, -0.05) is 19.8 Å². The summed E-state index contributed by atoms with van der Waals surface area (Å²) < 4.78 is 0. The van der Waals surface area contributed by atoms with Crippen molar-refractivity contribution < 1.29 is 19.8 Å². The van der Waals surface area contributed by atoms with Crippen LogP contribution in [0.5, 0.6) is 0 Å². The van der Waals surface area contributed by atoms with Crippen molar-refractivity contribution in [1.29, 1.82) is 0 Å². The predicted octanol–water partition coefficient (Wildman–Crippen LogP) is 1.85. The molecule has 16 heavy (non-hydrogen) atoms. The van der Waals surface area contributed by atoms with Crippen molar-refractivity contribution in [3.05, 3.63) is 0 Å². The maximum Gasteiger partial charge on any atom is 0.303 e. The molecule has 0 spiro atoms. The molecule has 0 fully saturated rings. The molecule has 0 atom stereocenters. The van der Waals surface area contributed by atoms with Crippen molar-refractivity contribution in [3.8, 4) is 0 Å². The average Bonchev–Trinajstić information content (AvgIpc) is 2.22. The van der Waals surface area contributed by atoms with Crippen LogP contribution in [0.25, 0.3) is 0 Å². The summed E-state index contributed by atoms with van der Waals surface area (Å²) in [5, 5.41) is 16.3. The van der Waals surface area contributed by atoms with E-state index < -0.39 is 11.9 Å². The number of unbranched alkanes of at least 4 members (excludes halogenated alkanes) is 3. The van der Waals surface area contributed by atoms with E-state index in [1.54, 1.807) is 0 Å². The second kappa shape index (κ2) is 13.9. The first kappa shape index (κ1) is 17.3. The van der Waals surface area contributed by atoms with Crippen LogP contribution >= 0.6 is 0 Å². The molecule has 96 valence electrons. The molecule has 0 aliphatic rings. The van der Waals surface area contributed by atoms with Gasteiger partial charge in [-0.2, -0.15) is 0 Å². The minimum atomic E-state index is -0.870. The van der Waals surface area contributed by atoms with Crippen molar-refractivity contribution in [2.45, 2.75) is 51.9 Å². The van der Waals surface area contributed by atoms with Gasteiger partial charge in [-0.05, 0) is 25.8 Å². The number of carbonyl (C=O) groups is 2. The summed E-state index contributed by atoms with van der Waals surface area (Å²) in [5.41, 5.74) is 5.21. The number of rotatable bonds is 8. The van der Waals surface area contributed by atoms with Crippen molar-refractivity contribution >= 4 is 11.9 Å². The van der Waals surface area contributed by atoms with Crippen LogP contribution in [0.3, 0.4) is 0 Å². The third-order valence-electron chi connectivity index (χ3n) is 1.84. The number of hydrogen-bond acceptors (Lipinski definition) is 3. The van der Waals surface area contributed by atoms with Gasteiger partial charge in [0.05, 0.1) is 0 Å². The highest BCUT2D eigenvalue weighted by Crippen LogP contribution is 1.98. The van der Waals surface area contributed by atoms with E-state index in [4.69, 9.17) is 15.9 Å². The highest BCUT2D eigenvalue weighted by Gasteiger charge is 1.99. The lowest BCUT2D eigenvalue weighted by molar-refractivity contribution is -0.139. The van der Waals surface area contributed by atoms with Crippen LogP contribution in [-0.4, -0.2) is 28.7 Å². The Morgan fingerprint density at radius 1 is 0.938 bits per heavy atom. The van der Waals surface area contributed by atoms with Gasteiger partial charge in [0.25, 0.3) is 0 Å². The standard InChI is InChI=1S/C6H10O4.C5H13N/c7-5(8)3-1-2-4-6(9)10;1-2-3-4-5-6/h1-4H2,(H,7,8)(H,9,10);2-6H2,1H3. The Morgan fingerprint density at radius 2 is 1.38 bits per heavy atom. The van der Waals surface area contributed by atoms with Gasteiger partial charge in [-0.3, -0.25) is 9.59 Å². The lowest BCUT2D eigenvalue weighted by atomic mass is 10.2. The van der Waals surface area contributed by atoms with E-state index in [0.717, 1.165) is 6.54 Å². The van der Waals surface area contributed by atoms with E-state index in [-0.39, 0.29) is 12.8 Å². The Morgan fingerprint density at radius 3 is 1.56 bits per heavy atom. The number of aliphatic carboxylic acids is 2. The largest absolute Gasteiger partial charge is 0.481 e. The summed E-state index contributed by atoms with van der Waals surface area (Å²) in [4.78, 5) is 19.8. The maximum atomic E-state index is 9.90. The molecular weight excluding hydrogens is 210 g/mol. The van der Waals surface area contributed by atoms with Gasteiger partial charge in [0.15, 0.2) is 0 Å². The molecule has 0 aromatic rings. The first-order chi connectivity index (χ1) is 7.54. The molecule has 0 unspecified atom stereocenters. The first-order valence-corrected chi connectivity index (χ1v) is 5.68. The van der Waals surface area contributed by atoms with Crippen molar-refractivity contribution in [3.63, 3.8) is 0 Å². The summed E-state index contributed by atoms with van der Waals surface area (Å²) >= 11 is 0. The molecule has 0 saturated carbocycles. The molecule has 5 heteroatoms. The molecule has 0 bridgehead atoms. The molecule has 0 rings (SSSR count). The lowest BCUT2D eigenvalue weighted by Crippen LogP contribution is -1.97. The summed E-state index contributed by atoms with van der Waals surface area (Å²) in [5.74, 6) is -1.74. The minimum Gasteiger partial charge on any atom is -0.481 e. The zero-order chi connectivity index (χ0) is 12.8. The molecule has 0 aromatic carbocycles. The Bertz CT molecular complexity index is 163. The van der Waals surface area contributed by atoms with Gasteiger partial charge in [-0.25, -0.2) is 0 Å². The van der Waals surface area contributed by atoms with E-state index in [9.17, 15) is 9.59 Å². The molecule has 0 amide bonds. The number of carboxylic acids is 2. The van der Waals surface area contributed by atoms with Crippen LogP contribution in [0.4, 0.5) is 0 Å². The Kier molecular flexibility index (Phi) is 15.0. The number of hydrogen-bond donors (Lipinski definition) is 3. The second-order valence-electron chi connectivity index (χ2n) is 3.49. The predicted molar refractivity (Wildman–Crippen MR) is 62.3 cm³/mol. The molecular formula is C11H23NO4.